The predicted molar refractivity (Wildman–Crippen MR) is 148 cm³/mol. The lowest BCUT2D eigenvalue weighted by molar-refractivity contribution is -0.384. The number of methoxy groups -OCH3 is 1. The van der Waals surface area contributed by atoms with Crippen molar-refractivity contribution in [2.45, 2.75) is 24.9 Å². The standard InChI is InChI=1S/C31H29N3O5/c1-39-27-17-15-22(16-18-27)21-32-30(35)28(20-23-9-8-14-26(19-23)34(37)38)33-31(36)29(24-10-4-2-5-11-24)25-12-6-3-7-13-25/h2-19,28-29H,20-21H2,1H3,(H,32,35)(H,33,36). The first-order valence-electron chi connectivity index (χ1n) is 12.5. The fourth-order valence-electron chi connectivity index (χ4n) is 4.34. The molecule has 2 N–H and O–H groups in total. The number of hydrogen-bond donors (Lipinski definition) is 2. The summed E-state index contributed by atoms with van der Waals surface area (Å²) in [6, 6.07) is 31.1. The normalized spacial score (nSPS) is 11.4. The first kappa shape index (κ1) is 27.1. The third-order valence-corrected chi connectivity index (χ3v) is 6.35. The molecule has 4 aromatic rings. The fourth-order valence-corrected chi connectivity index (χ4v) is 4.34. The highest BCUT2D eigenvalue weighted by molar-refractivity contribution is 5.92. The lowest BCUT2D eigenvalue weighted by atomic mass is 9.90. The number of non-ortho nitro benzene ring substituents is 1. The molecule has 39 heavy (non-hydrogen) atoms. The number of nitro groups is 1. The molecule has 0 aliphatic carbocycles. The van der Waals surface area contributed by atoms with Crippen molar-refractivity contribution >= 4 is 17.5 Å². The van der Waals surface area contributed by atoms with Gasteiger partial charge in [-0.05, 0) is 34.4 Å². The molecule has 8 nitrogen and oxygen atoms in total. The maximum absolute atomic E-state index is 13.8. The summed E-state index contributed by atoms with van der Waals surface area (Å²) >= 11 is 0. The van der Waals surface area contributed by atoms with Crippen molar-refractivity contribution in [2.75, 3.05) is 7.11 Å². The monoisotopic (exact) mass is 523 g/mol. The van der Waals surface area contributed by atoms with E-state index < -0.39 is 22.8 Å². The van der Waals surface area contributed by atoms with E-state index in [1.807, 2.05) is 72.8 Å². The second-order valence-electron chi connectivity index (χ2n) is 9.01. The van der Waals surface area contributed by atoms with Gasteiger partial charge in [-0.15, -0.1) is 0 Å². The smallest absolute Gasteiger partial charge is 0.269 e. The molecule has 0 fully saturated rings. The van der Waals surface area contributed by atoms with Gasteiger partial charge in [0, 0.05) is 25.1 Å². The van der Waals surface area contributed by atoms with Crippen LogP contribution < -0.4 is 15.4 Å². The zero-order valence-electron chi connectivity index (χ0n) is 21.4. The molecule has 0 bridgehead atoms. The van der Waals surface area contributed by atoms with Gasteiger partial charge < -0.3 is 15.4 Å². The van der Waals surface area contributed by atoms with Crippen LogP contribution in [-0.2, 0) is 22.6 Å². The molecule has 4 rings (SSSR count). The van der Waals surface area contributed by atoms with Crippen LogP contribution in [0.15, 0.2) is 109 Å². The summed E-state index contributed by atoms with van der Waals surface area (Å²) in [4.78, 5) is 38.0. The molecule has 1 unspecified atom stereocenters. The Hall–Kier alpha value is -4.98. The van der Waals surface area contributed by atoms with E-state index in [9.17, 15) is 19.7 Å². The number of ether oxygens (including phenoxy) is 1. The van der Waals surface area contributed by atoms with Gasteiger partial charge in [-0.1, -0.05) is 84.9 Å². The minimum atomic E-state index is -0.965. The number of amides is 2. The molecular weight excluding hydrogens is 494 g/mol. The molecule has 1 atom stereocenters. The van der Waals surface area contributed by atoms with Gasteiger partial charge >= 0.3 is 0 Å². The van der Waals surface area contributed by atoms with E-state index in [0.29, 0.717) is 11.3 Å². The van der Waals surface area contributed by atoms with Crippen LogP contribution in [0.1, 0.15) is 28.2 Å². The van der Waals surface area contributed by atoms with Gasteiger partial charge in [-0.25, -0.2) is 0 Å². The van der Waals surface area contributed by atoms with E-state index in [1.165, 1.54) is 12.1 Å². The maximum atomic E-state index is 13.8. The molecule has 0 aliphatic heterocycles. The van der Waals surface area contributed by atoms with E-state index in [-0.39, 0.29) is 24.6 Å². The number of benzene rings is 4. The lowest BCUT2D eigenvalue weighted by Crippen LogP contribution is -2.49. The summed E-state index contributed by atoms with van der Waals surface area (Å²) < 4.78 is 5.18. The Labute approximate surface area is 226 Å². The average molecular weight is 524 g/mol. The topological polar surface area (TPSA) is 111 Å². The average Bonchev–Trinajstić information content (AvgIpc) is 2.97. The molecule has 0 spiro atoms. The summed E-state index contributed by atoms with van der Waals surface area (Å²) in [5, 5.41) is 17.1. The quantitative estimate of drug-likeness (QED) is 0.217. The molecule has 0 saturated carbocycles. The summed E-state index contributed by atoms with van der Waals surface area (Å²) in [6.45, 7) is 0.241. The zero-order chi connectivity index (χ0) is 27.6. The molecular formula is C31H29N3O5. The molecule has 0 aliphatic rings. The summed E-state index contributed by atoms with van der Waals surface area (Å²) in [5.74, 6) is -0.684. The van der Waals surface area contributed by atoms with Crippen LogP contribution in [-0.4, -0.2) is 29.9 Å². The Morgan fingerprint density at radius 1 is 0.795 bits per heavy atom. The van der Waals surface area contributed by atoms with Crippen molar-refractivity contribution in [1.29, 1.82) is 0 Å². The molecule has 0 radical (unpaired) electrons. The number of rotatable bonds is 11. The van der Waals surface area contributed by atoms with Crippen LogP contribution in [0.4, 0.5) is 5.69 Å². The summed E-state index contributed by atoms with van der Waals surface area (Å²) in [5.41, 5.74) is 2.91. The van der Waals surface area contributed by atoms with Crippen molar-refractivity contribution in [3.05, 3.63) is 142 Å². The van der Waals surface area contributed by atoms with Crippen molar-refractivity contribution in [1.82, 2.24) is 10.6 Å². The lowest BCUT2D eigenvalue weighted by Gasteiger charge is -2.23. The van der Waals surface area contributed by atoms with Crippen LogP contribution in [0, 0.1) is 10.1 Å². The van der Waals surface area contributed by atoms with E-state index in [2.05, 4.69) is 10.6 Å². The van der Waals surface area contributed by atoms with Gasteiger partial charge in [0.05, 0.1) is 18.0 Å². The van der Waals surface area contributed by atoms with Crippen LogP contribution in [0.3, 0.4) is 0 Å². The van der Waals surface area contributed by atoms with Gasteiger partial charge in [0.2, 0.25) is 11.8 Å². The highest BCUT2D eigenvalue weighted by Gasteiger charge is 2.28. The Morgan fingerprint density at radius 2 is 1.41 bits per heavy atom. The van der Waals surface area contributed by atoms with Crippen LogP contribution in [0.25, 0.3) is 0 Å². The highest BCUT2D eigenvalue weighted by atomic mass is 16.6. The number of carbonyl (C=O) groups is 2. The van der Waals surface area contributed by atoms with Crippen molar-refractivity contribution in [3.8, 4) is 5.75 Å². The van der Waals surface area contributed by atoms with Gasteiger partial charge in [0.15, 0.2) is 0 Å². The van der Waals surface area contributed by atoms with E-state index in [1.54, 1.807) is 31.4 Å². The first-order chi connectivity index (χ1) is 18.9. The van der Waals surface area contributed by atoms with Crippen molar-refractivity contribution < 1.29 is 19.2 Å². The molecule has 2 amide bonds. The molecule has 8 heteroatoms. The minimum absolute atomic E-state index is 0.0809. The zero-order valence-corrected chi connectivity index (χ0v) is 21.4. The van der Waals surface area contributed by atoms with Gasteiger partial charge in [0.1, 0.15) is 11.8 Å². The summed E-state index contributed by atoms with van der Waals surface area (Å²) in [6.07, 6.45) is 0.0815. The third-order valence-electron chi connectivity index (χ3n) is 6.35. The molecule has 0 aromatic heterocycles. The first-order valence-corrected chi connectivity index (χ1v) is 12.5. The highest BCUT2D eigenvalue weighted by Crippen LogP contribution is 2.25. The Kier molecular flexibility index (Phi) is 9.03. The number of nitrogens with zero attached hydrogens (tertiary/aromatic N) is 1. The number of nitrogens with one attached hydrogen (secondary N) is 2. The van der Waals surface area contributed by atoms with Crippen molar-refractivity contribution in [2.24, 2.45) is 0 Å². The molecule has 0 saturated heterocycles. The van der Waals surface area contributed by atoms with Gasteiger partial charge in [-0.2, -0.15) is 0 Å². The number of carbonyl (C=O) groups excluding carboxylic acids is 2. The second kappa shape index (κ2) is 13.0. The number of nitro benzene ring substituents is 1. The Balaban J connectivity index is 1.59. The van der Waals surface area contributed by atoms with Crippen molar-refractivity contribution in [3.63, 3.8) is 0 Å². The second-order valence-corrected chi connectivity index (χ2v) is 9.01. The van der Waals surface area contributed by atoms with Gasteiger partial charge in [0.25, 0.3) is 5.69 Å². The maximum Gasteiger partial charge on any atom is 0.269 e. The Morgan fingerprint density at radius 3 is 1.97 bits per heavy atom. The van der Waals surface area contributed by atoms with Crippen LogP contribution in [0.5, 0.6) is 5.75 Å². The van der Waals surface area contributed by atoms with E-state index in [0.717, 1.165) is 16.7 Å². The van der Waals surface area contributed by atoms with Crippen LogP contribution >= 0.6 is 0 Å². The molecule has 0 heterocycles. The Bertz CT molecular complexity index is 1370. The van der Waals surface area contributed by atoms with E-state index in [4.69, 9.17) is 4.74 Å². The largest absolute Gasteiger partial charge is 0.497 e. The molecule has 198 valence electrons. The molecule has 4 aromatic carbocycles. The SMILES string of the molecule is COc1ccc(CNC(=O)C(Cc2cccc([N+](=O)[O-])c2)NC(=O)C(c2ccccc2)c2ccccc2)cc1. The number of hydrogen-bond acceptors (Lipinski definition) is 5. The summed E-state index contributed by atoms with van der Waals surface area (Å²) in [7, 11) is 1.58. The predicted octanol–water partition coefficient (Wildman–Crippen LogP) is 4.78. The third kappa shape index (κ3) is 7.29. The van der Waals surface area contributed by atoms with Crippen LogP contribution in [0.2, 0.25) is 0 Å². The fraction of sp³-hybridized carbons (Fsp3) is 0.161. The van der Waals surface area contributed by atoms with E-state index >= 15 is 0 Å². The van der Waals surface area contributed by atoms with Gasteiger partial charge in [-0.3, -0.25) is 19.7 Å². The minimum Gasteiger partial charge on any atom is -0.497 e.